The van der Waals surface area contributed by atoms with Crippen molar-refractivity contribution >= 4 is 28.6 Å². The molecule has 0 radical (unpaired) electrons. The lowest BCUT2D eigenvalue weighted by atomic mass is 9.78. The van der Waals surface area contributed by atoms with Crippen molar-refractivity contribution in [2.24, 2.45) is 5.73 Å². The van der Waals surface area contributed by atoms with Gasteiger partial charge >= 0.3 is 13.1 Å². The van der Waals surface area contributed by atoms with Gasteiger partial charge in [-0.2, -0.15) is 0 Å². The summed E-state index contributed by atoms with van der Waals surface area (Å²) in [5.74, 6) is -2.63. The monoisotopic (exact) mass is 462 g/mol. The average Bonchev–Trinajstić information content (AvgIpc) is 2.89. The molecule has 0 spiro atoms. The number of unbranched alkanes of at least 4 members (excludes halogenated alkanes) is 1. The van der Waals surface area contributed by atoms with Gasteiger partial charge in [-0.25, -0.2) is 21.9 Å². The van der Waals surface area contributed by atoms with Crippen LogP contribution in [0.4, 0.5) is 8.78 Å². The Labute approximate surface area is 182 Å². The molecular weight excluding hydrogens is 433 g/mol. The SMILES string of the molecule is COC(=O)C(N)CCCCNS(=O)(=O)c1cc(F)c(B2OC(C)(C)C(C)(C)O2)cc1F. The zero-order valence-corrected chi connectivity index (χ0v) is 19.1. The van der Waals surface area contributed by atoms with Gasteiger partial charge in [0, 0.05) is 12.0 Å². The van der Waals surface area contributed by atoms with Gasteiger partial charge in [0.15, 0.2) is 0 Å². The molecule has 8 nitrogen and oxygen atoms in total. The summed E-state index contributed by atoms with van der Waals surface area (Å²) < 4.78 is 72.3. The summed E-state index contributed by atoms with van der Waals surface area (Å²) in [6.45, 7) is 7.03. The summed E-state index contributed by atoms with van der Waals surface area (Å²) in [5.41, 5.74) is 3.86. The van der Waals surface area contributed by atoms with Crippen LogP contribution in [0.15, 0.2) is 17.0 Å². The molecule has 0 amide bonds. The Balaban J connectivity index is 2.05. The number of hydrogen-bond donors (Lipinski definition) is 2. The molecule has 1 aliphatic rings. The van der Waals surface area contributed by atoms with Gasteiger partial charge in [0.2, 0.25) is 10.0 Å². The first-order valence-corrected chi connectivity index (χ1v) is 11.4. The standard InChI is InChI=1S/C19H29BF2N2O6S/c1-18(2)19(3,4)30-20(29-18)12-10-14(22)16(11-13(12)21)31(26,27)24-9-7-6-8-15(23)17(25)28-5/h10-11,15,24H,6-9,23H2,1-5H3. The van der Waals surface area contributed by atoms with Crippen molar-refractivity contribution in [3.05, 3.63) is 23.8 Å². The van der Waals surface area contributed by atoms with Crippen LogP contribution in [0.3, 0.4) is 0 Å². The van der Waals surface area contributed by atoms with Crippen molar-refractivity contribution in [2.45, 2.75) is 69.1 Å². The van der Waals surface area contributed by atoms with E-state index in [9.17, 15) is 22.0 Å². The van der Waals surface area contributed by atoms with Crippen LogP contribution >= 0.6 is 0 Å². The quantitative estimate of drug-likeness (QED) is 0.322. The van der Waals surface area contributed by atoms with E-state index in [1.807, 2.05) is 0 Å². The first-order chi connectivity index (χ1) is 14.2. The first kappa shape index (κ1) is 25.7. The second-order valence-electron chi connectivity index (χ2n) is 8.42. The number of hydrogen-bond acceptors (Lipinski definition) is 7. The number of sulfonamides is 1. The topological polar surface area (TPSA) is 117 Å². The molecule has 2 rings (SSSR count). The number of rotatable bonds is 9. The van der Waals surface area contributed by atoms with Gasteiger partial charge < -0.3 is 19.8 Å². The maximum Gasteiger partial charge on any atom is 0.497 e. The van der Waals surface area contributed by atoms with Crippen LogP contribution in [0.2, 0.25) is 0 Å². The van der Waals surface area contributed by atoms with Gasteiger partial charge in [0.05, 0.1) is 18.3 Å². The van der Waals surface area contributed by atoms with Gasteiger partial charge in [-0.3, -0.25) is 4.79 Å². The van der Waals surface area contributed by atoms with Crippen LogP contribution in [-0.2, 0) is 28.9 Å². The molecule has 1 aromatic rings. The maximum atomic E-state index is 14.7. The number of nitrogens with two attached hydrogens (primary N) is 1. The Hall–Kier alpha value is -1.60. The summed E-state index contributed by atoms with van der Waals surface area (Å²) in [7, 11) is -4.23. The minimum absolute atomic E-state index is 0.0315. The van der Waals surface area contributed by atoms with E-state index in [0.29, 0.717) is 25.3 Å². The molecule has 1 heterocycles. The number of nitrogens with one attached hydrogen (secondary N) is 1. The van der Waals surface area contributed by atoms with Crippen molar-refractivity contribution < 1.29 is 36.0 Å². The fraction of sp³-hybridized carbons (Fsp3) is 0.632. The third kappa shape index (κ3) is 5.81. The molecule has 0 aliphatic carbocycles. The Bertz CT molecular complexity index is 910. The van der Waals surface area contributed by atoms with Crippen molar-refractivity contribution in [1.29, 1.82) is 0 Å². The fourth-order valence-corrected chi connectivity index (χ4v) is 4.09. The van der Waals surface area contributed by atoms with E-state index < -0.39 is 56.9 Å². The number of methoxy groups -OCH3 is 1. The van der Waals surface area contributed by atoms with Crippen molar-refractivity contribution in [2.75, 3.05) is 13.7 Å². The lowest BCUT2D eigenvalue weighted by Gasteiger charge is -2.32. The minimum Gasteiger partial charge on any atom is -0.468 e. The molecule has 1 saturated heterocycles. The number of carbonyl (C=O) groups is 1. The van der Waals surface area contributed by atoms with Crippen LogP contribution in [0.25, 0.3) is 0 Å². The molecule has 174 valence electrons. The number of carbonyl (C=O) groups excluding carboxylic acids is 1. The summed E-state index contributed by atoms with van der Waals surface area (Å²) in [5, 5.41) is 0. The smallest absolute Gasteiger partial charge is 0.468 e. The fourth-order valence-electron chi connectivity index (χ4n) is 2.94. The van der Waals surface area contributed by atoms with Crippen LogP contribution in [-0.4, -0.2) is 52.4 Å². The normalized spacial score (nSPS) is 18.8. The summed E-state index contributed by atoms with van der Waals surface area (Å²) in [6.07, 6.45) is 1.09. The van der Waals surface area contributed by atoms with Crippen molar-refractivity contribution in [3.8, 4) is 0 Å². The largest absolute Gasteiger partial charge is 0.497 e. The Morgan fingerprint density at radius 2 is 1.74 bits per heavy atom. The zero-order chi connectivity index (χ0) is 23.6. The summed E-state index contributed by atoms with van der Waals surface area (Å²) >= 11 is 0. The van der Waals surface area contributed by atoms with Crippen molar-refractivity contribution in [3.63, 3.8) is 0 Å². The average molecular weight is 462 g/mol. The number of benzene rings is 1. The van der Waals surface area contributed by atoms with Gasteiger partial charge in [0.1, 0.15) is 22.6 Å². The van der Waals surface area contributed by atoms with E-state index in [1.54, 1.807) is 27.7 Å². The maximum absolute atomic E-state index is 14.7. The lowest BCUT2D eigenvalue weighted by molar-refractivity contribution is -0.142. The molecule has 1 atom stereocenters. The number of esters is 1. The second kappa shape index (κ2) is 9.49. The summed E-state index contributed by atoms with van der Waals surface area (Å²) in [6, 6.07) is 0.600. The van der Waals surface area contributed by atoms with Crippen molar-refractivity contribution in [1.82, 2.24) is 4.72 Å². The molecule has 1 aliphatic heterocycles. The van der Waals surface area contributed by atoms with Crippen LogP contribution in [0, 0.1) is 11.6 Å². The molecule has 1 fully saturated rings. The highest BCUT2D eigenvalue weighted by molar-refractivity contribution is 7.89. The van der Waals surface area contributed by atoms with Gasteiger partial charge in [0.25, 0.3) is 0 Å². The molecule has 12 heteroatoms. The molecule has 0 aromatic heterocycles. The Morgan fingerprint density at radius 3 is 2.29 bits per heavy atom. The molecule has 31 heavy (non-hydrogen) atoms. The second-order valence-corrected chi connectivity index (χ2v) is 10.2. The first-order valence-electron chi connectivity index (χ1n) is 9.89. The number of halogens is 2. The van der Waals surface area contributed by atoms with Gasteiger partial charge in [-0.05, 0) is 52.7 Å². The van der Waals surface area contributed by atoms with Crippen LogP contribution in [0.1, 0.15) is 47.0 Å². The molecule has 1 unspecified atom stereocenters. The van der Waals surface area contributed by atoms with Gasteiger partial charge in [-0.1, -0.05) is 6.42 Å². The van der Waals surface area contributed by atoms with Gasteiger partial charge in [-0.15, -0.1) is 0 Å². The predicted octanol–water partition coefficient (Wildman–Crippen LogP) is 1.21. The third-order valence-corrected chi connectivity index (χ3v) is 7.06. The predicted molar refractivity (Wildman–Crippen MR) is 111 cm³/mol. The molecular formula is C19H29BF2N2O6S. The number of ether oxygens (including phenoxy) is 1. The van der Waals surface area contributed by atoms with E-state index in [4.69, 9.17) is 15.0 Å². The third-order valence-electron chi connectivity index (χ3n) is 5.59. The Kier molecular flexibility index (Phi) is 7.86. The minimum atomic E-state index is -4.29. The molecule has 0 bridgehead atoms. The van der Waals surface area contributed by atoms with E-state index in [2.05, 4.69) is 9.46 Å². The van der Waals surface area contributed by atoms with Crippen LogP contribution in [0.5, 0.6) is 0 Å². The lowest BCUT2D eigenvalue weighted by Crippen LogP contribution is -2.41. The van der Waals surface area contributed by atoms with E-state index in [1.165, 1.54) is 7.11 Å². The highest BCUT2D eigenvalue weighted by atomic mass is 32.2. The molecule has 1 aromatic carbocycles. The molecule has 3 N–H and O–H groups in total. The molecule has 0 saturated carbocycles. The van der Waals surface area contributed by atoms with E-state index >= 15 is 0 Å². The Morgan fingerprint density at radius 1 is 1.16 bits per heavy atom. The van der Waals surface area contributed by atoms with Crippen LogP contribution < -0.4 is 15.9 Å². The zero-order valence-electron chi connectivity index (χ0n) is 18.3. The van der Waals surface area contributed by atoms with E-state index in [-0.39, 0.29) is 12.0 Å². The highest BCUT2D eigenvalue weighted by Crippen LogP contribution is 2.36. The summed E-state index contributed by atoms with van der Waals surface area (Å²) in [4.78, 5) is 10.4. The van der Waals surface area contributed by atoms with E-state index in [0.717, 1.165) is 6.07 Å². The highest BCUT2D eigenvalue weighted by Gasteiger charge is 2.52.